The van der Waals surface area contributed by atoms with Crippen molar-refractivity contribution in [3.05, 3.63) is 64.7 Å². The molecule has 0 heterocycles. The van der Waals surface area contributed by atoms with Crippen LogP contribution in [0.15, 0.2) is 42.5 Å². The maximum atomic E-state index is 5.55. The first-order valence-electron chi connectivity index (χ1n) is 7.74. The van der Waals surface area contributed by atoms with Crippen molar-refractivity contribution in [2.75, 3.05) is 7.11 Å². The highest BCUT2D eigenvalue weighted by Gasteiger charge is 2.11. The average molecular weight is 282 g/mol. The van der Waals surface area contributed by atoms with Gasteiger partial charge in [0.1, 0.15) is 5.75 Å². The minimum atomic E-state index is 0.489. The third kappa shape index (κ3) is 3.87. The van der Waals surface area contributed by atoms with Crippen LogP contribution >= 0.6 is 0 Å². The van der Waals surface area contributed by atoms with E-state index in [0.717, 1.165) is 12.2 Å². The fraction of sp³-hybridized carbons (Fsp3) is 0.400. The van der Waals surface area contributed by atoms with Crippen LogP contribution in [0.3, 0.4) is 0 Å². The summed E-state index contributed by atoms with van der Waals surface area (Å²) in [6.45, 7) is 8.82. The third-order valence-corrected chi connectivity index (χ3v) is 4.11. The van der Waals surface area contributed by atoms with Gasteiger partial charge < -0.3 is 4.74 Å². The summed E-state index contributed by atoms with van der Waals surface area (Å²) in [5.41, 5.74) is 5.33. The summed E-state index contributed by atoms with van der Waals surface area (Å²) < 4.78 is 5.55. The van der Waals surface area contributed by atoms with Crippen LogP contribution in [0.5, 0.6) is 5.75 Å². The maximum Gasteiger partial charge on any atom is 0.122 e. The average Bonchev–Trinajstić information content (AvgIpc) is 2.47. The van der Waals surface area contributed by atoms with E-state index in [1.807, 2.05) is 0 Å². The zero-order valence-corrected chi connectivity index (χ0v) is 13.8. The molecule has 1 heteroatoms. The maximum absolute atomic E-state index is 5.55. The smallest absolute Gasteiger partial charge is 0.122 e. The van der Waals surface area contributed by atoms with Crippen molar-refractivity contribution in [1.82, 2.24) is 0 Å². The lowest BCUT2D eigenvalue weighted by Gasteiger charge is -2.16. The summed E-state index contributed by atoms with van der Waals surface area (Å²) in [4.78, 5) is 0. The van der Waals surface area contributed by atoms with Crippen LogP contribution in [0.4, 0.5) is 0 Å². The van der Waals surface area contributed by atoms with Gasteiger partial charge in [-0.25, -0.2) is 0 Å². The van der Waals surface area contributed by atoms with E-state index in [1.165, 1.54) is 22.3 Å². The van der Waals surface area contributed by atoms with Crippen molar-refractivity contribution >= 4 is 0 Å². The Labute approximate surface area is 129 Å². The Bertz CT molecular complexity index is 581. The first-order valence-corrected chi connectivity index (χ1v) is 7.74. The molecule has 1 unspecified atom stereocenters. The van der Waals surface area contributed by atoms with E-state index in [4.69, 9.17) is 4.74 Å². The van der Waals surface area contributed by atoms with E-state index < -0.39 is 0 Å². The molecule has 2 rings (SSSR count). The van der Waals surface area contributed by atoms with Gasteiger partial charge in [-0.1, -0.05) is 62.7 Å². The number of rotatable bonds is 5. The molecule has 0 bridgehead atoms. The number of aryl methyl sites for hydroxylation is 1. The van der Waals surface area contributed by atoms with Crippen LogP contribution in [0.25, 0.3) is 0 Å². The largest absolute Gasteiger partial charge is 0.496 e. The van der Waals surface area contributed by atoms with Crippen LogP contribution in [-0.4, -0.2) is 7.11 Å². The molecule has 0 saturated heterocycles. The van der Waals surface area contributed by atoms with Gasteiger partial charge >= 0.3 is 0 Å². The fourth-order valence-corrected chi connectivity index (χ4v) is 2.73. The zero-order valence-electron chi connectivity index (χ0n) is 13.8. The molecule has 0 amide bonds. The van der Waals surface area contributed by atoms with Crippen LogP contribution < -0.4 is 4.74 Å². The minimum absolute atomic E-state index is 0.489. The Hall–Kier alpha value is -1.76. The SMILES string of the molecule is COc1cc(CC(C)c2ccc(C)cc2)ccc1C(C)C. The Balaban J connectivity index is 2.17. The van der Waals surface area contributed by atoms with Crippen LogP contribution in [0.1, 0.15) is 54.9 Å². The molecule has 1 atom stereocenters. The summed E-state index contributed by atoms with van der Waals surface area (Å²) in [5, 5.41) is 0. The Morgan fingerprint density at radius 3 is 2.19 bits per heavy atom. The molecule has 1 nitrogen and oxygen atoms in total. The molecule has 0 aromatic heterocycles. The molecule has 0 spiro atoms. The highest BCUT2D eigenvalue weighted by molar-refractivity contribution is 5.40. The number of ether oxygens (including phenoxy) is 1. The molecule has 0 aliphatic heterocycles. The Morgan fingerprint density at radius 2 is 1.62 bits per heavy atom. The van der Waals surface area contributed by atoms with E-state index in [0.29, 0.717) is 11.8 Å². The summed E-state index contributed by atoms with van der Waals surface area (Å²) >= 11 is 0. The molecule has 21 heavy (non-hydrogen) atoms. The van der Waals surface area contributed by atoms with Crippen molar-refractivity contribution in [3.8, 4) is 5.75 Å². The summed E-state index contributed by atoms with van der Waals surface area (Å²) in [5.74, 6) is 2.02. The van der Waals surface area contributed by atoms with Gasteiger partial charge in [0.2, 0.25) is 0 Å². The third-order valence-electron chi connectivity index (χ3n) is 4.11. The lowest BCUT2D eigenvalue weighted by molar-refractivity contribution is 0.407. The summed E-state index contributed by atoms with van der Waals surface area (Å²) in [6, 6.07) is 15.5. The van der Waals surface area contributed by atoms with Gasteiger partial charge in [0.25, 0.3) is 0 Å². The molecule has 0 N–H and O–H groups in total. The molecule has 0 saturated carbocycles. The van der Waals surface area contributed by atoms with Crippen molar-refractivity contribution in [1.29, 1.82) is 0 Å². The van der Waals surface area contributed by atoms with Gasteiger partial charge in [-0.3, -0.25) is 0 Å². The molecule has 112 valence electrons. The monoisotopic (exact) mass is 282 g/mol. The van der Waals surface area contributed by atoms with Crippen molar-refractivity contribution in [2.24, 2.45) is 0 Å². The standard InChI is InChI=1S/C20H26O/c1-14(2)19-11-8-17(13-20(19)21-5)12-16(4)18-9-6-15(3)7-10-18/h6-11,13-14,16H,12H2,1-5H3. The first kappa shape index (κ1) is 15.6. The highest BCUT2D eigenvalue weighted by Crippen LogP contribution is 2.29. The zero-order chi connectivity index (χ0) is 15.4. The fourth-order valence-electron chi connectivity index (χ4n) is 2.73. The molecular weight excluding hydrogens is 256 g/mol. The Morgan fingerprint density at radius 1 is 0.952 bits per heavy atom. The van der Waals surface area contributed by atoms with E-state index in [9.17, 15) is 0 Å². The Kier molecular flexibility index (Phi) is 5.06. The predicted octanol–water partition coefficient (Wildman–Crippen LogP) is 5.47. The molecule has 0 radical (unpaired) electrons. The van der Waals surface area contributed by atoms with Crippen molar-refractivity contribution in [3.63, 3.8) is 0 Å². The number of benzene rings is 2. The quantitative estimate of drug-likeness (QED) is 0.706. The summed E-state index contributed by atoms with van der Waals surface area (Å²) in [6.07, 6.45) is 1.04. The summed E-state index contributed by atoms with van der Waals surface area (Å²) in [7, 11) is 1.76. The van der Waals surface area contributed by atoms with Gasteiger partial charge in [0.15, 0.2) is 0 Å². The normalized spacial score (nSPS) is 12.5. The van der Waals surface area contributed by atoms with Gasteiger partial charge in [-0.15, -0.1) is 0 Å². The minimum Gasteiger partial charge on any atom is -0.496 e. The molecule has 0 aliphatic rings. The molecule has 0 aliphatic carbocycles. The molecular formula is C20H26O. The lowest BCUT2D eigenvalue weighted by Crippen LogP contribution is -2.01. The molecule has 0 fully saturated rings. The highest BCUT2D eigenvalue weighted by atomic mass is 16.5. The number of hydrogen-bond acceptors (Lipinski definition) is 1. The first-order chi connectivity index (χ1) is 10.0. The van der Waals surface area contributed by atoms with Crippen LogP contribution in [-0.2, 0) is 6.42 Å². The lowest BCUT2D eigenvalue weighted by atomic mass is 9.91. The van der Waals surface area contributed by atoms with Gasteiger partial charge in [0, 0.05) is 0 Å². The van der Waals surface area contributed by atoms with Gasteiger partial charge in [-0.2, -0.15) is 0 Å². The second-order valence-electron chi connectivity index (χ2n) is 6.25. The predicted molar refractivity (Wildman–Crippen MR) is 90.4 cm³/mol. The van der Waals surface area contributed by atoms with Crippen molar-refractivity contribution in [2.45, 2.75) is 46.0 Å². The van der Waals surface area contributed by atoms with Gasteiger partial charge in [-0.05, 0) is 47.9 Å². The number of methoxy groups -OCH3 is 1. The second kappa shape index (κ2) is 6.80. The van der Waals surface area contributed by atoms with Crippen LogP contribution in [0, 0.1) is 6.92 Å². The van der Waals surface area contributed by atoms with E-state index >= 15 is 0 Å². The van der Waals surface area contributed by atoms with E-state index in [2.05, 4.69) is 70.2 Å². The molecule has 2 aromatic rings. The van der Waals surface area contributed by atoms with Crippen molar-refractivity contribution < 1.29 is 4.74 Å². The van der Waals surface area contributed by atoms with E-state index in [-0.39, 0.29) is 0 Å². The van der Waals surface area contributed by atoms with Gasteiger partial charge in [0.05, 0.1) is 7.11 Å². The molecule has 2 aromatic carbocycles. The topological polar surface area (TPSA) is 9.23 Å². The number of hydrogen-bond donors (Lipinski definition) is 0. The van der Waals surface area contributed by atoms with E-state index in [1.54, 1.807) is 7.11 Å². The second-order valence-corrected chi connectivity index (χ2v) is 6.25. The van der Waals surface area contributed by atoms with Crippen LogP contribution in [0.2, 0.25) is 0 Å².